The second-order valence-electron chi connectivity index (χ2n) is 4.41. The molecule has 5 heteroatoms. The molecule has 0 aromatic rings. The summed E-state index contributed by atoms with van der Waals surface area (Å²) >= 11 is 0. The second-order valence-corrected chi connectivity index (χ2v) is 4.41. The molecule has 1 heterocycles. The van der Waals surface area contributed by atoms with Crippen LogP contribution in [0.15, 0.2) is 0 Å². The van der Waals surface area contributed by atoms with Gasteiger partial charge in [-0.1, -0.05) is 0 Å². The summed E-state index contributed by atoms with van der Waals surface area (Å²) in [7, 11) is 0. The molecule has 0 aromatic carbocycles. The van der Waals surface area contributed by atoms with Crippen LogP contribution in [0.25, 0.3) is 0 Å². The highest BCUT2D eigenvalue weighted by atomic mass is 16.5. The first kappa shape index (κ1) is 11.2. The van der Waals surface area contributed by atoms with Crippen molar-refractivity contribution in [1.82, 2.24) is 10.2 Å². The van der Waals surface area contributed by atoms with Gasteiger partial charge >= 0.3 is 6.09 Å². The summed E-state index contributed by atoms with van der Waals surface area (Å²) in [6.07, 6.45) is 2.52. The van der Waals surface area contributed by atoms with Gasteiger partial charge in [0.2, 0.25) is 5.91 Å². The fourth-order valence-corrected chi connectivity index (χ4v) is 2.01. The summed E-state index contributed by atoms with van der Waals surface area (Å²) in [5, 5.41) is 2.77. The lowest BCUT2D eigenvalue weighted by atomic mass is 10.3. The van der Waals surface area contributed by atoms with Crippen molar-refractivity contribution in [2.75, 3.05) is 19.7 Å². The monoisotopic (exact) mass is 226 g/mol. The van der Waals surface area contributed by atoms with Crippen LogP contribution in [0, 0.1) is 5.92 Å². The summed E-state index contributed by atoms with van der Waals surface area (Å²) < 4.78 is 4.81. The first-order valence-corrected chi connectivity index (χ1v) is 5.92. The standard InChI is InChI=1S/C11H18N2O3/c1-2-16-11(15)12-9-5-6-13(7-9)10(14)8-3-4-8/h8-9H,2-7H2,1H3,(H,12,15). The normalized spacial score (nSPS) is 24.3. The van der Waals surface area contributed by atoms with E-state index in [-0.39, 0.29) is 24.0 Å². The van der Waals surface area contributed by atoms with Crippen molar-refractivity contribution in [2.24, 2.45) is 5.92 Å². The first-order valence-electron chi connectivity index (χ1n) is 5.92. The lowest BCUT2D eigenvalue weighted by molar-refractivity contribution is -0.131. The van der Waals surface area contributed by atoms with Crippen LogP contribution in [0.5, 0.6) is 0 Å². The molecule has 90 valence electrons. The minimum Gasteiger partial charge on any atom is -0.450 e. The number of carbonyl (C=O) groups is 2. The van der Waals surface area contributed by atoms with Gasteiger partial charge in [0.15, 0.2) is 0 Å². The van der Waals surface area contributed by atoms with Crippen LogP contribution in [0.3, 0.4) is 0 Å². The fraction of sp³-hybridized carbons (Fsp3) is 0.818. The number of alkyl carbamates (subject to hydrolysis) is 1. The van der Waals surface area contributed by atoms with Crippen LogP contribution >= 0.6 is 0 Å². The number of nitrogens with zero attached hydrogens (tertiary/aromatic N) is 1. The second kappa shape index (κ2) is 4.72. The van der Waals surface area contributed by atoms with Crippen LogP contribution in [0.2, 0.25) is 0 Å². The third-order valence-electron chi connectivity index (χ3n) is 3.02. The minimum atomic E-state index is -0.381. The maximum atomic E-state index is 11.7. The molecule has 0 spiro atoms. The van der Waals surface area contributed by atoms with Crippen molar-refractivity contribution < 1.29 is 14.3 Å². The quantitative estimate of drug-likeness (QED) is 0.772. The Labute approximate surface area is 95.1 Å². The molecular weight excluding hydrogens is 208 g/mol. The van der Waals surface area contributed by atoms with E-state index in [9.17, 15) is 9.59 Å². The summed E-state index contributed by atoms with van der Waals surface area (Å²) in [5.74, 6) is 0.523. The van der Waals surface area contributed by atoms with Crippen molar-refractivity contribution >= 4 is 12.0 Å². The Balaban J connectivity index is 1.74. The van der Waals surface area contributed by atoms with E-state index in [1.54, 1.807) is 6.92 Å². The summed E-state index contributed by atoms with van der Waals surface area (Å²) in [5.41, 5.74) is 0. The van der Waals surface area contributed by atoms with Gasteiger partial charge in [-0.05, 0) is 26.2 Å². The Morgan fingerprint density at radius 3 is 2.75 bits per heavy atom. The largest absolute Gasteiger partial charge is 0.450 e. The highest BCUT2D eigenvalue weighted by Gasteiger charge is 2.36. The molecule has 0 aromatic heterocycles. The van der Waals surface area contributed by atoms with E-state index in [1.165, 1.54) is 0 Å². The molecule has 1 aliphatic heterocycles. The molecule has 1 saturated heterocycles. The van der Waals surface area contributed by atoms with Crippen molar-refractivity contribution in [3.05, 3.63) is 0 Å². The fourth-order valence-electron chi connectivity index (χ4n) is 2.01. The molecule has 2 amide bonds. The number of hydrogen-bond acceptors (Lipinski definition) is 3. The first-order chi connectivity index (χ1) is 7.70. The summed E-state index contributed by atoms with van der Waals surface area (Å²) in [6, 6.07) is 0.0572. The molecule has 2 rings (SSSR count). The van der Waals surface area contributed by atoms with Crippen LogP contribution in [0.1, 0.15) is 26.2 Å². The molecule has 2 fully saturated rings. The van der Waals surface area contributed by atoms with Gasteiger partial charge in [-0.3, -0.25) is 4.79 Å². The zero-order valence-corrected chi connectivity index (χ0v) is 9.57. The van der Waals surface area contributed by atoms with Gasteiger partial charge < -0.3 is 15.0 Å². The SMILES string of the molecule is CCOC(=O)NC1CCN(C(=O)C2CC2)C1. The number of likely N-dealkylation sites (tertiary alicyclic amines) is 1. The van der Waals surface area contributed by atoms with Crippen molar-refractivity contribution in [2.45, 2.75) is 32.2 Å². The van der Waals surface area contributed by atoms with E-state index < -0.39 is 0 Å². The Kier molecular flexibility index (Phi) is 3.31. The average Bonchev–Trinajstić information content (AvgIpc) is 2.99. The van der Waals surface area contributed by atoms with Crippen molar-refractivity contribution in [3.8, 4) is 0 Å². The molecule has 0 radical (unpaired) electrons. The van der Waals surface area contributed by atoms with Gasteiger partial charge in [0.1, 0.15) is 0 Å². The molecule has 5 nitrogen and oxygen atoms in total. The lowest BCUT2D eigenvalue weighted by Crippen LogP contribution is -2.39. The third-order valence-corrected chi connectivity index (χ3v) is 3.02. The molecule has 16 heavy (non-hydrogen) atoms. The predicted molar refractivity (Wildman–Crippen MR) is 57.9 cm³/mol. The Morgan fingerprint density at radius 1 is 1.38 bits per heavy atom. The van der Waals surface area contributed by atoms with E-state index in [2.05, 4.69) is 5.32 Å². The summed E-state index contributed by atoms with van der Waals surface area (Å²) in [4.78, 5) is 24.8. The Hall–Kier alpha value is -1.26. The van der Waals surface area contributed by atoms with Crippen LogP contribution in [-0.2, 0) is 9.53 Å². The molecule has 2 aliphatic rings. The average molecular weight is 226 g/mol. The van der Waals surface area contributed by atoms with E-state index in [4.69, 9.17) is 4.74 Å². The highest BCUT2D eigenvalue weighted by molar-refractivity contribution is 5.81. The van der Waals surface area contributed by atoms with E-state index in [0.29, 0.717) is 13.2 Å². The van der Waals surface area contributed by atoms with Gasteiger partial charge in [-0.25, -0.2) is 4.79 Å². The van der Waals surface area contributed by atoms with Gasteiger partial charge in [0.05, 0.1) is 12.6 Å². The molecular formula is C11H18N2O3. The molecule has 1 aliphatic carbocycles. The highest BCUT2D eigenvalue weighted by Crippen LogP contribution is 2.32. The number of ether oxygens (including phenoxy) is 1. The molecule has 1 N–H and O–H groups in total. The topological polar surface area (TPSA) is 58.6 Å². The van der Waals surface area contributed by atoms with Gasteiger partial charge in [-0.2, -0.15) is 0 Å². The summed E-state index contributed by atoms with van der Waals surface area (Å²) in [6.45, 7) is 3.54. The Bertz CT molecular complexity index is 289. The number of hydrogen-bond donors (Lipinski definition) is 1. The number of rotatable bonds is 3. The van der Waals surface area contributed by atoms with E-state index in [0.717, 1.165) is 25.8 Å². The van der Waals surface area contributed by atoms with Gasteiger partial charge in [0.25, 0.3) is 0 Å². The van der Waals surface area contributed by atoms with Crippen molar-refractivity contribution in [1.29, 1.82) is 0 Å². The molecule has 0 bridgehead atoms. The smallest absolute Gasteiger partial charge is 0.407 e. The maximum absolute atomic E-state index is 11.7. The molecule has 1 atom stereocenters. The maximum Gasteiger partial charge on any atom is 0.407 e. The zero-order valence-electron chi connectivity index (χ0n) is 9.57. The minimum absolute atomic E-state index is 0.0572. The van der Waals surface area contributed by atoms with Crippen LogP contribution in [0.4, 0.5) is 4.79 Å². The molecule has 1 unspecified atom stereocenters. The van der Waals surface area contributed by atoms with Gasteiger partial charge in [0, 0.05) is 19.0 Å². The van der Waals surface area contributed by atoms with Crippen LogP contribution in [-0.4, -0.2) is 42.6 Å². The number of carbonyl (C=O) groups excluding carboxylic acids is 2. The van der Waals surface area contributed by atoms with Crippen LogP contribution < -0.4 is 5.32 Å². The third kappa shape index (κ3) is 2.65. The van der Waals surface area contributed by atoms with E-state index >= 15 is 0 Å². The number of nitrogens with one attached hydrogen (secondary N) is 1. The predicted octanol–water partition coefficient (Wildman–Crippen LogP) is 0.743. The lowest BCUT2D eigenvalue weighted by Gasteiger charge is -2.16. The number of amides is 2. The van der Waals surface area contributed by atoms with Crippen molar-refractivity contribution in [3.63, 3.8) is 0 Å². The molecule has 1 saturated carbocycles. The van der Waals surface area contributed by atoms with E-state index in [1.807, 2.05) is 4.90 Å². The zero-order chi connectivity index (χ0) is 11.5. The Morgan fingerprint density at radius 2 is 2.12 bits per heavy atom. The van der Waals surface area contributed by atoms with Gasteiger partial charge in [-0.15, -0.1) is 0 Å².